The van der Waals surface area contributed by atoms with Crippen LogP contribution in [0.5, 0.6) is 0 Å². The number of rotatable bonds is 4. The summed E-state index contributed by atoms with van der Waals surface area (Å²) in [6, 6.07) is 5.19. The number of carbonyl (C=O) groups is 2. The van der Waals surface area contributed by atoms with Crippen molar-refractivity contribution < 1.29 is 18.9 Å². The van der Waals surface area contributed by atoms with E-state index in [1.807, 2.05) is 27.7 Å². The fraction of sp³-hybridized carbons (Fsp3) is 0.304. The van der Waals surface area contributed by atoms with E-state index in [4.69, 9.17) is 9.31 Å². The molecule has 0 bridgehead atoms. The largest absolute Gasteiger partial charge is 0.494 e. The van der Waals surface area contributed by atoms with Crippen molar-refractivity contribution in [1.82, 2.24) is 15.1 Å². The van der Waals surface area contributed by atoms with Crippen LogP contribution in [0.3, 0.4) is 0 Å². The van der Waals surface area contributed by atoms with Gasteiger partial charge in [-0.25, -0.2) is 5.10 Å². The van der Waals surface area contributed by atoms with Gasteiger partial charge >= 0.3 is 7.12 Å². The monoisotopic (exact) mass is 433 g/mol. The molecule has 2 fully saturated rings. The molecule has 0 atom stereocenters. The second-order valence-electron chi connectivity index (χ2n) is 8.88. The molecule has 0 aliphatic carbocycles. The average molecular weight is 433 g/mol. The normalized spacial score (nSPS) is 21.2. The van der Waals surface area contributed by atoms with E-state index in [0.717, 1.165) is 4.90 Å². The standard InChI is InChI=1S/C23H24BN3O5/c1-7-8-15-13(2)20(29)27(21(15)30)12-18-17-11-14(9-10-16(17)19(28)26-25-18)24-31-22(3,4)23(5,6)32-24/h7-11H,1-2,12H2,3-6H3,(H,26,28)/b15-8+. The summed E-state index contributed by atoms with van der Waals surface area (Å²) in [5.41, 5.74) is -0.0550. The van der Waals surface area contributed by atoms with Crippen LogP contribution in [0, 0.1) is 0 Å². The van der Waals surface area contributed by atoms with E-state index in [-0.39, 0.29) is 23.3 Å². The first-order chi connectivity index (χ1) is 15.0. The van der Waals surface area contributed by atoms with Crippen LogP contribution in [0.2, 0.25) is 0 Å². The van der Waals surface area contributed by atoms with Gasteiger partial charge in [0.15, 0.2) is 0 Å². The van der Waals surface area contributed by atoms with Crippen molar-refractivity contribution in [2.45, 2.75) is 45.4 Å². The van der Waals surface area contributed by atoms with Crippen LogP contribution in [-0.2, 0) is 25.4 Å². The van der Waals surface area contributed by atoms with E-state index in [2.05, 4.69) is 23.4 Å². The first-order valence-electron chi connectivity index (χ1n) is 10.2. The van der Waals surface area contributed by atoms with E-state index in [0.29, 0.717) is 21.9 Å². The highest BCUT2D eigenvalue weighted by Gasteiger charge is 2.51. The molecular formula is C23H24BN3O5. The Balaban J connectivity index is 1.75. The molecule has 1 aromatic heterocycles. The Bertz CT molecular complexity index is 1260. The Morgan fingerprint density at radius 2 is 1.75 bits per heavy atom. The Hall–Kier alpha value is -3.30. The zero-order valence-corrected chi connectivity index (χ0v) is 18.5. The van der Waals surface area contributed by atoms with Crippen molar-refractivity contribution in [3.8, 4) is 0 Å². The number of hydrogen-bond donors (Lipinski definition) is 1. The molecule has 32 heavy (non-hydrogen) atoms. The van der Waals surface area contributed by atoms with Crippen LogP contribution in [-0.4, -0.2) is 45.2 Å². The molecule has 8 nitrogen and oxygen atoms in total. The summed E-state index contributed by atoms with van der Waals surface area (Å²) >= 11 is 0. The molecule has 0 radical (unpaired) electrons. The van der Waals surface area contributed by atoms with Gasteiger partial charge in [-0.05, 0) is 45.3 Å². The Morgan fingerprint density at radius 1 is 1.09 bits per heavy atom. The van der Waals surface area contributed by atoms with Gasteiger partial charge in [0.05, 0.1) is 34.4 Å². The minimum absolute atomic E-state index is 0.0986. The quantitative estimate of drug-likeness (QED) is 0.448. The smallest absolute Gasteiger partial charge is 0.399 e. The lowest BCUT2D eigenvalue weighted by molar-refractivity contribution is -0.137. The summed E-state index contributed by atoms with van der Waals surface area (Å²) in [7, 11) is -0.631. The number of aromatic nitrogens is 2. The Labute approximate surface area is 185 Å². The van der Waals surface area contributed by atoms with Crippen LogP contribution in [0.25, 0.3) is 10.8 Å². The molecule has 2 amide bonds. The third-order valence-electron chi connectivity index (χ3n) is 6.31. The second kappa shape index (κ2) is 7.39. The molecule has 9 heteroatoms. The SMILES string of the molecule is C=C/C=C1\C(=C)C(=O)N(Cc2n[nH]c(=O)c3ccc(B4OC(C)(C)C(C)(C)O4)cc23)C1=O. The summed E-state index contributed by atoms with van der Waals surface area (Å²) in [5.74, 6) is -0.991. The molecule has 2 aliphatic heterocycles. The second-order valence-corrected chi connectivity index (χ2v) is 8.88. The molecule has 0 unspecified atom stereocenters. The van der Waals surface area contributed by atoms with E-state index >= 15 is 0 Å². The molecule has 2 aromatic rings. The minimum Gasteiger partial charge on any atom is -0.399 e. The first kappa shape index (κ1) is 21.9. The maximum atomic E-state index is 12.7. The van der Waals surface area contributed by atoms with Gasteiger partial charge in [0, 0.05) is 11.0 Å². The lowest BCUT2D eigenvalue weighted by atomic mass is 9.78. The fourth-order valence-electron chi connectivity index (χ4n) is 3.71. The number of carbonyl (C=O) groups excluding carboxylic acids is 2. The van der Waals surface area contributed by atoms with Crippen LogP contribution >= 0.6 is 0 Å². The highest BCUT2D eigenvalue weighted by atomic mass is 16.7. The van der Waals surface area contributed by atoms with Gasteiger partial charge in [0.25, 0.3) is 17.4 Å². The lowest BCUT2D eigenvalue weighted by Gasteiger charge is -2.32. The third-order valence-corrected chi connectivity index (χ3v) is 6.31. The van der Waals surface area contributed by atoms with Crippen molar-refractivity contribution in [3.05, 3.63) is 70.7 Å². The van der Waals surface area contributed by atoms with Crippen LogP contribution in [0.4, 0.5) is 0 Å². The van der Waals surface area contributed by atoms with E-state index in [1.54, 1.807) is 18.2 Å². The maximum absolute atomic E-state index is 12.7. The third kappa shape index (κ3) is 3.34. The van der Waals surface area contributed by atoms with Gasteiger partial charge in [0.2, 0.25) is 0 Å². The fourth-order valence-corrected chi connectivity index (χ4v) is 3.71. The van der Waals surface area contributed by atoms with Crippen LogP contribution in [0.15, 0.2) is 59.4 Å². The average Bonchev–Trinajstić information content (AvgIpc) is 3.07. The van der Waals surface area contributed by atoms with Crippen molar-refractivity contribution in [2.24, 2.45) is 0 Å². The van der Waals surface area contributed by atoms with Gasteiger partial charge in [-0.2, -0.15) is 5.10 Å². The number of nitrogens with zero attached hydrogens (tertiary/aromatic N) is 2. The number of allylic oxidation sites excluding steroid dienone is 2. The number of imide groups is 1. The van der Waals surface area contributed by atoms with Crippen LogP contribution < -0.4 is 11.0 Å². The number of H-pyrrole nitrogens is 1. The number of benzene rings is 1. The number of nitrogens with one attached hydrogen (secondary N) is 1. The number of aromatic amines is 1. The first-order valence-corrected chi connectivity index (χ1v) is 10.2. The molecule has 2 saturated heterocycles. The maximum Gasteiger partial charge on any atom is 0.494 e. The van der Waals surface area contributed by atoms with Crippen LogP contribution in [0.1, 0.15) is 33.4 Å². The summed E-state index contributed by atoms with van der Waals surface area (Å²) in [6.45, 7) is 15.0. The highest BCUT2D eigenvalue weighted by Crippen LogP contribution is 2.36. The van der Waals surface area contributed by atoms with Crippen molar-refractivity contribution in [1.29, 1.82) is 0 Å². The van der Waals surface area contributed by atoms with Gasteiger partial charge in [-0.1, -0.05) is 31.4 Å². The predicted octanol–water partition coefficient (Wildman–Crippen LogP) is 1.76. The molecule has 2 aliphatic rings. The summed E-state index contributed by atoms with van der Waals surface area (Å²) < 4.78 is 12.2. The molecule has 0 saturated carbocycles. The van der Waals surface area contributed by atoms with Crippen molar-refractivity contribution in [2.75, 3.05) is 0 Å². The number of hydrogen-bond acceptors (Lipinski definition) is 6. The highest BCUT2D eigenvalue weighted by molar-refractivity contribution is 6.62. The molecule has 0 spiro atoms. The molecule has 3 heterocycles. The molecule has 4 rings (SSSR count). The van der Waals surface area contributed by atoms with Crippen molar-refractivity contribution in [3.63, 3.8) is 0 Å². The predicted molar refractivity (Wildman–Crippen MR) is 121 cm³/mol. The zero-order chi connectivity index (χ0) is 23.4. The Kier molecular flexibility index (Phi) is 5.06. The van der Waals surface area contributed by atoms with Crippen molar-refractivity contribution >= 4 is 35.2 Å². The number of amides is 2. The van der Waals surface area contributed by atoms with E-state index < -0.39 is 30.1 Å². The van der Waals surface area contributed by atoms with Gasteiger partial charge in [-0.15, -0.1) is 0 Å². The summed E-state index contributed by atoms with van der Waals surface area (Å²) in [5, 5.41) is 7.46. The number of fused-ring (bicyclic) bond motifs is 1. The minimum atomic E-state index is -0.631. The Morgan fingerprint density at radius 3 is 2.38 bits per heavy atom. The number of likely N-dealkylation sites (tertiary alicyclic amines) is 1. The molecule has 1 aromatic carbocycles. The molecule has 1 N–H and O–H groups in total. The molecule has 164 valence electrons. The van der Waals surface area contributed by atoms with Gasteiger partial charge in [0.1, 0.15) is 0 Å². The van der Waals surface area contributed by atoms with Gasteiger partial charge < -0.3 is 9.31 Å². The lowest BCUT2D eigenvalue weighted by Crippen LogP contribution is -2.41. The molecular weight excluding hydrogens is 409 g/mol. The van der Waals surface area contributed by atoms with E-state index in [1.165, 1.54) is 12.2 Å². The zero-order valence-electron chi connectivity index (χ0n) is 18.5. The summed E-state index contributed by atoms with van der Waals surface area (Å²) in [6.07, 6.45) is 2.89. The van der Waals surface area contributed by atoms with Gasteiger partial charge in [-0.3, -0.25) is 19.3 Å². The van der Waals surface area contributed by atoms with E-state index in [9.17, 15) is 14.4 Å². The summed E-state index contributed by atoms with van der Waals surface area (Å²) in [4.78, 5) is 38.8. The topological polar surface area (TPSA) is 102 Å².